The van der Waals surface area contributed by atoms with Crippen LogP contribution in [0.15, 0.2) is 0 Å². The van der Waals surface area contributed by atoms with Gasteiger partial charge in [0.05, 0.1) is 7.11 Å². The predicted molar refractivity (Wildman–Crippen MR) is 87.2 cm³/mol. The molecule has 4 heteroatoms. The highest BCUT2D eigenvalue weighted by Crippen LogP contribution is 2.28. The Morgan fingerprint density at radius 3 is 2.60 bits per heavy atom. The van der Waals surface area contributed by atoms with Gasteiger partial charge in [-0.25, -0.2) is 0 Å². The first-order chi connectivity index (χ1) is 9.48. The number of rotatable bonds is 9. The van der Waals surface area contributed by atoms with Gasteiger partial charge in [0.2, 0.25) is 0 Å². The molecule has 1 N–H and O–H groups in total. The minimum atomic E-state index is -0.545. The van der Waals surface area contributed by atoms with Crippen LogP contribution in [0.2, 0.25) is 0 Å². The van der Waals surface area contributed by atoms with Gasteiger partial charge in [0, 0.05) is 6.04 Å². The highest BCUT2D eigenvalue weighted by Gasteiger charge is 2.34. The number of thioether (sulfide) groups is 1. The van der Waals surface area contributed by atoms with Crippen LogP contribution in [0, 0.1) is 5.92 Å². The van der Waals surface area contributed by atoms with Crippen molar-refractivity contribution < 1.29 is 9.53 Å². The topological polar surface area (TPSA) is 38.3 Å². The summed E-state index contributed by atoms with van der Waals surface area (Å²) in [5.74, 6) is 3.24. The van der Waals surface area contributed by atoms with E-state index in [1.807, 2.05) is 18.7 Å². The fraction of sp³-hybridized carbons (Fsp3) is 0.938. The largest absolute Gasteiger partial charge is 0.468 e. The lowest BCUT2D eigenvalue weighted by atomic mass is 9.95. The van der Waals surface area contributed by atoms with Crippen molar-refractivity contribution >= 4 is 17.7 Å². The van der Waals surface area contributed by atoms with Crippen molar-refractivity contribution in [3.05, 3.63) is 0 Å². The number of nitrogens with one attached hydrogen (secondary N) is 1. The molecular weight excluding hydrogens is 270 g/mol. The number of hydrogen-bond donors (Lipinski definition) is 1. The summed E-state index contributed by atoms with van der Waals surface area (Å²) in [6.07, 6.45) is 7.58. The molecular formula is C16H31NO2S. The van der Waals surface area contributed by atoms with Crippen molar-refractivity contribution in [2.24, 2.45) is 5.92 Å². The monoisotopic (exact) mass is 301 g/mol. The van der Waals surface area contributed by atoms with Crippen LogP contribution in [0.4, 0.5) is 0 Å². The quantitative estimate of drug-likeness (QED) is 0.521. The van der Waals surface area contributed by atoms with E-state index in [0.29, 0.717) is 0 Å². The van der Waals surface area contributed by atoms with Gasteiger partial charge in [0.15, 0.2) is 0 Å². The predicted octanol–water partition coefficient (Wildman–Crippen LogP) is 3.62. The number of carbonyl (C=O) groups excluding carboxylic acids is 1. The molecule has 0 saturated heterocycles. The zero-order valence-corrected chi connectivity index (χ0v) is 14.4. The summed E-state index contributed by atoms with van der Waals surface area (Å²) >= 11 is 2.05. The summed E-state index contributed by atoms with van der Waals surface area (Å²) in [5.41, 5.74) is -0.545. The Morgan fingerprint density at radius 2 is 2.05 bits per heavy atom. The Bertz CT molecular complexity index is 290. The smallest absolute Gasteiger partial charge is 0.325 e. The standard InChI is InChI=1S/C16H31NO2S/c1-13(2)17-16(3,15(18)19-4)10-7-11-20-12-14-8-5-6-9-14/h13-14,17H,5-12H2,1-4H3. The lowest BCUT2D eigenvalue weighted by molar-refractivity contribution is -0.148. The fourth-order valence-electron chi connectivity index (χ4n) is 3.05. The van der Waals surface area contributed by atoms with Gasteiger partial charge in [-0.15, -0.1) is 0 Å². The number of hydrogen-bond acceptors (Lipinski definition) is 4. The second-order valence-electron chi connectivity index (χ2n) is 6.45. The first kappa shape index (κ1) is 17.8. The van der Waals surface area contributed by atoms with Gasteiger partial charge in [-0.3, -0.25) is 10.1 Å². The molecule has 1 aliphatic carbocycles. The van der Waals surface area contributed by atoms with E-state index in [9.17, 15) is 4.79 Å². The first-order valence-electron chi connectivity index (χ1n) is 7.92. The van der Waals surface area contributed by atoms with Crippen LogP contribution >= 0.6 is 11.8 Å². The molecule has 1 saturated carbocycles. The zero-order chi connectivity index (χ0) is 15.0. The molecule has 20 heavy (non-hydrogen) atoms. The van der Waals surface area contributed by atoms with Crippen LogP contribution in [-0.2, 0) is 9.53 Å². The van der Waals surface area contributed by atoms with Gasteiger partial charge in [0.25, 0.3) is 0 Å². The molecule has 1 rings (SSSR count). The van der Waals surface area contributed by atoms with Gasteiger partial charge < -0.3 is 4.74 Å². The van der Waals surface area contributed by atoms with Crippen LogP contribution in [0.3, 0.4) is 0 Å². The molecule has 0 aromatic carbocycles. The zero-order valence-electron chi connectivity index (χ0n) is 13.5. The number of ether oxygens (including phenoxy) is 1. The maximum atomic E-state index is 12.0. The lowest BCUT2D eigenvalue weighted by Gasteiger charge is -2.30. The number of esters is 1. The van der Waals surface area contributed by atoms with E-state index in [4.69, 9.17) is 4.74 Å². The molecule has 1 aliphatic rings. The van der Waals surface area contributed by atoms with E-state index in [-0.39, 0.29) is 12.0 Å². The van der Waals surface area contributed by atoms with E-state index < -0.39 is 5.54 Å². The van der Waals surface area contributed by atoms with E-state index in [0.717, 1.165) is 24.5 Å². The Hall–Kier alpha value is -0.220. The average Bonchev–Trinajstić information content (AvgIpc) is 2.89. The first-order valence-corrected chi connectivity index (χ1v) is 9.07. The van der Waals surface area contributed by atoms with Crippen molar-refractivity contribution in [3.8, 4) is 0 Å². The molecule has 1 unspecified atom stereocenters. The van der Waals surface area contributed by atoms with Crippen LogP contribution in [-0.4, -0.2) is 36.2 Å². The van der Waals surface area contributed by atoms with Crippen LogP contribution in [0.1, 0.15) is 59.3 Å². The summed E-state index contributed by atoms with van der Waals surface area (Å²) in [6, 6.07) is 0.283. The van der Waals surface area contributed by atoms with E-state index in [2.05, 4.69) is 19.2 Å². The highest BCUT2D eigenvalue weighted by atomic mass is 32.2. The van der Waals surface area contributed by atoms with Crippen molar-refractivity contribution in [3.63, 3.8) is 0 Å². The number of methoxy groups -OCH3 is 1. The van der Waals surface area contributed by atoms with Gasteiger partial charge in [-0.1, -0.05) is 12.8 Å². The molecule has 1 atom stereocenters. The molecule has 0 aromatic rings. The third kappa shape index (κ3) is 6.04. The molecule has 0 heterocycles. The molecule has 1 fully saturated rings. The molecule has 0 aliphatic heterocycles. The summed E-state index contributed by atoms with van der Waals surface area (Å²) in [4.78, 5) is 12.0. The molecule has 0 bridgehead atoms. The summed E-state index contributed by atoms with van der Waals surface area (Å²) in [6.45, 7) is 6.09. The average molecular weight is 301 g/mol. The Morgan fingerprint density at radius 1 is 1.40 bits per heavy atom. The maximum absolute atomic E-state index is 12.0. The lowest BCUT2D eigenvalue weighted by Crippen LogP contribution is -2.53. The van der Waals surface area contributed by atoms with Crippen molar-refractivity contribution in [1.29, 1.82) is 0 Å². The van der Waals surface area contributed by atoms with Gasteiger partial charge >= 0.3 is 5.97 Å². The van der Waals surface area contributed by atoms with Crippen molar-refractivity contribution in [2.75, 3.05) is 18.6 Å². The maximum Gasteiger partial charge on any atom is 0.325 e. The highest BCUT2D eigenvalue weighted by molar-refractivity contribution is 7.99. The van der Waals surface area contributed by atoms with Gasteiger partial charge in [-0.2, -0.15) is 11.8 Å². The van der Waals surface area contributed by atoms with Crippen molar-refractivity contribution in [1.82, 2.24) is 5.32 Å². The second-order valence-corrected chi connectivity index (χ2v) is 7.60. The second kappa shape index (κ2) is 8.93. The summed E-state index contributed by atoms with van der Waals surface area (Å²) in [5, 5.41) is 3.36. The fourth-order valence-corrected chi connectivity index (χ4v) is 4.23. The van der Waals surface area contributed by atoms with Gasteiger partial charge in [-0.05, 0) is 63.9 Å². The van der Waals surface area contributed by atoms with E-state index in [1.165, 1.54) is 38.5 Å². The molecule has 0 aromatic heterocycles. The van der Waals surface area contributed by atoms with Gasteiger partial charge in [0.1, 0.15) is 5.54 Å². The molecule has 118 valence electrons. The van der Waals surface area contributed by atoms with Crippen LogP contribution in [0.25, 0.3) is 0 Å². The SMILES string of the molecule is COC(=O)C(C)(CCCSCC1CCCC1)NC(C)C. The van der Waals surface area contributed by atoms with E-state index >= 15 is 0 Å². The summed E-state index contributed by atoms with van der Waals surface area (Å²) < 4.78 is 4.95. The van der Waals surface area contributed by atoms with Crippen LogP contribution < -0.4 is 5.32 Å². The molecule has 3 nitrogen and oxygen atoms in total. The third-order valence-corrected chi connectivity index (χ3v) is 5.32. The summed E-state index contributed by atoms with van der Waals surface area (Å²) in [7, 11) is 1.47. The minimum absolute atomic E-state index is 0.146. The van der Waals surface area contributed by atoms with Crippen LogP contribution in [0.5, 0.6) is 0 Å². The Balaban J connectivity index is 2.25. The Kier molecular flexibility index (Phi) is 7.96. The molecule has 0 amide bonds. The minimum Gasteiger partial charge on any atom is -0.468 e. The molecule has 0 spiro atoms. The van der Waals surface area contributed by atoms with E-state index in [1.54, 1.807) is 0 Å². The Labute approximate surface area is 128 Å². The number of carbonyl (C=O) groups is 1. The molecule has 0 radical (unpaired) electrons. The normalized spacial score (nSPS) is 19.2. The van der Waals surface area contributed by atoms with Crippen molar-refractivity contribution in [2.45, 2.75) is 70.9 Å². The third-order valence-electron chi connectivity index (χ3n) is 4.04.